The van der Waals surface area contributed by atoms with Gasteiger partial charge in [-0.15, -0.1) is 0 Å². The Balaban J connectivity index is 2.21. The van der Waals surface area contributed by atoms with Crippen LogP contribution in [0.1, 0.15) is 29.6 Å². The molecule has 0 unspecified atom stereocenters. The quantitative estimate of drug-likeness (QED) is 0.847. The molecule has 98 valence electrons. The maximum atomic E-state index is 12.2. The number of carbonyl (C=O) groups is 1. The third kappa shape index (κ3) is 2.01. The van der Waals surface area contributed by atoms with Crippen LogP contribution in [0.2, 0.25) is 0 Å². The molecule has 0 atom stereocenters. The van der Waals surface area contributed by atoms with Crippen LogP contribution in [0.4, 0.5) is 0 Å². The zero-order valence-corrected chi connectivity index (χ0v) is 10.4. The molecule has 1 aliphatic rings. The third-order valence-corrected chi connectivity index (χ3v) is 3.60. The molecular formula is C14H14N2O3. The maximum absolute atomic E-state index is 12.2. The molecule has 5 nitrogen and oxygen atoms in total. The highest BCUT2D eigenvalue weighted by atomic mass is 16.3. The molecule has 2 aromatic heterocycles. The molecular weight excluding hydrogens is 244 g/mol. The summed E-state index contributed by atoms with van der Waals surface area (Å²) < 4.78 is 1.50. The second-order valence-corrected chi connectivity index (χ2v) is 4.94. The summed E-state index contributed by atoms with van der Waals surface area (Å²) >= 11 is 0. The molecule has 3 rings (SSSR count). The highest BCUT2D eigenvalue weighted by molar-refractivity contribution is 5.91. The number of carbonyl (C=O) groups excluding carboxylic acids is 1. The van der Waals surface area contributed by atoms with E-state index >= 15 is 0 Å². The molecule has 0 spiro atoms. The SMILES string of the molecule is O=Cc1c(O)c2cccnc2n(CCC2CC2)c1=O. The van der Waals surface area contributed by atoms with Gasteiger partial charge in [-0.25, -0.2) is 4.98 Å². The summed E-state index contributed by atoms with van der Waals surface area (Å²) in [6, 6.07) is 3.34. The fourth-order valence-corrected chi connectivity index (χ4v) is 2.32. The van der Waals surface area contributed by atoms with E-state index in [0.29, 0.717) is 29.8 Å². The molecule has 0 aromatic carbocycles. The van der Waals surface area contributed by atoms with E-state index in [0.717, 1.165) is 6.42 Å². The number of aromatic hydroxyl groups is 1. The van der Waals surface area contributed by atoms with Gasteiger partial charge in [-0.2, -0.15) is 0 Å². The Hall–Kier alpha value is -2.17. The molecule has 1 aliphatic carbocycles. The molecule has 1 fully saturated rings. The van der Waals surface area contributed by atoms with Gasteiger partial charge in [0, 0.05) is 12.7 Å². The molecule has 2 heterocycles. The number of aldehydes is 1. The highest BCUT2D eigenvalue weighted by Gasteiger charge is 2.22. The Morgan fingerprint density at radius 2 is 2.26 bits per heavy atom. The topological polar surface area (TPSA) is 72.2 Å². The van der Waals surface area contributed by atoms with Gasteiger partial charge in [0.05, 0.1) is 5.39 Å². The molecule has 0 saturated heterocycles. The summed E-state index contributed by atoms with van der Waals surface area (Å²) in [5.41, 5.74) is -0.202. The highest BCUT2D eigenvalue weighted by Crippen LogP contribution is 2.33. The van der Waals surface area contributed by atoms with E-state index in [-0.39, 0.29) is 11.3 Å². The summed E-state index contributed by atoms with van der Waals surface area (Å²) in [4.78, 5) is 27.4. The monoisotopic (exact) mass is 258 g/mol. The van der Waals surface area contributed by atoms with Gasteiger partial charge in [0.15, 0.2) is 6.29 Å². The Kier molecular flexibility index (Phi) is 2.81. The number of pyridine rings is 2. The number of fused-ring (bicyclic) bond motifs is 1. The van der Waals surface area contributed by atoms with Gasteiger partial charge in [0.1, 0.15) is 17.0 Å². The minimum atomic E-state index is -0.459. The van der Waals surface area contributed by atoms with Crippen LogP contribution in [0, 0.1) is 5.92 Å². The molecule has 19 heavy (non-hydrogen) atoms. The lowest BCUT2D eigenvalue weighted by atomic mass is 10.1. The normalized spacial score (nSPS) is 14.7. The first-order valence-corrected chi connectivity index (χ1v) is 6.38. The summed E-state index contributed by atoms with van der Waals surface area (Å²) in [5, 5.41) is 10.4. The fraction of sp³-hybridized carbons (Fsp3) is 0.357. The van der Waals surface area contributed by atoms with Crippen LogP contribution in [0.15, 0.2) is 23.1 Å². The third-order valence-electron chi connectivity index (χ3n) is 3.60. The van der Waals surface area contributed by atoms with Gasteiger partial charge < -0.3 is 5.11 Å². The summed E-state index contributed by atoms with van der Waals surface area (Å²) in [7, 11) is 0. The molecule has 0 amide bonds. The molecule has 1 N–H and O–H groups in total. The molecule has 0 aliphatic heterocycles. The lowest BCUT2D eigenvalue weighted by Gasteiger charge is -2.11. The van der Waals surface area contributed by atoms with E-state index in [1.165, 1.54) is 17.4 Å². The van der Waals surface area contributed by atoms with E-state index in [9.17, 15) is 14.7 Å². The van der Waals surface area contributed by atoms with Crippen LogP contribution in [-0.4, -0.2) is 20.9 Å². The first-order valence-electron chi connectivity index (χ1n) is 6.38. The standard InChI is InChI=1S/C14H14N2O3/c17-8-11-12(18)10-2-1-6-15-13(10)16(14(11)19)7-5-9-3-4-9/h1-2,6,8-9,18H,3-5,7H2. The first-order chi connectivity index (χ1) is 9.22. The Bertz CT molecular complexity index is 702. The number of hydrogen-bond acceptors (Lipinski definition) is 4. The molecule has 5 heteroatoms. The minimum absolute atomic E-state index is 0.184. The number of rotatable bonds is 4. The summed E-state index contributed by atoms with van der Waals surface area (Å²) in [6.45, 7) is 0.540. The van der Waals surface area contributed by atoms with Crippen molar-refractivity contribution < 1.29 is 9.90 Å². The van der Waals surface area contributed by atoms with Crippen LogP contribution in [0.5, 0.6) is 5.75 Å². The van der Waals surface area contributed by atoms with Gasteiger partial charge in [-0.05, 0) is 24.5 Å². The first kappa shape index (κ1) is 11.9. The lowest BCUT2D eigenvalue weighted by molar-refractivity contribution is 0.111. The number of aryl methyl sites for hydroxylation is 1. The fourth-order valence-electron chi connectivity index (χ4n) is 2.32. The van der Waals surface area contributed by atoms with Gasteiger partial charge >= 0.3 is 0 Å². The van der Waals surface area contributed by atoms with Gasteiger partial charge in [0.25, 0.3) is 5.56 Å². The van der Waals surface area contributed by atoms with E-state index in [1.54, 1.807) is 18.3 Å². The van der Waals surface area contributed by atoms with Crippen molar-refractivity contribution in [2.24, 2.45) is 5.92 Å². The van der Waals surface area contributed by atoms with Crippen molar-refractivity contribution in [3.8, 4) is 5.75 Å². The van der Waals surface area contributed by atoms with Crippen molar-refractivity contribution in [2.75, 3.05) is 0 Å². The molecule has 1 saturated carbocycles. The van der Waals surface area contributed by atoms with Crippen molar-refractivity contribution in [1.82, 2.24) is 9.55 Å². The van der Waals surface area contributed by atoms with Crippen molar-refractivity contribution in [3.05, 3.63) is 34.2 Å². The van der Waals surface area contributed by atoms with Gasteiger partial charge in [0.2, 0.25) is 0 Å². The maximum Gasteiger partial charge on any atom is 0.266 e. The number of nitrogens with zero attached hydrogens (tertiary/aromatic N) is 2. The zero-order chi connectivity index (χ0) is 13.4. The predicted octanol–water partition coefficient (Wildman–Crippen LogP) is 1.71. The predicted molar refractivity (Wildman–Crippen MR) is 70.4 cm³/mol. The van der Waals surface area contributed by atoms with Crippen LogP contribution in [0.25, 0.3) is 11.0 Å². The van der Waals surface area contributed by atoms with Crippen LogP contribution in [-0.2, 0) is 6.54 Å². The van der Waals surface area contributed by atoms with Gasteiger partial charge in [-0.3, -0.25) is 14.2 Å². The van der Waals surface area contributed by atoms with Crippen LogP contribution < -0.4 is 5.56 Å². The van der Waals surface area contributed by atoms with Gasteiger partial charge in [-0.1, -0.05) is 12.8 Å². The van der Waals surface area contributed by atoms with Crippen LogP contribution >= 0.6 is 0 Å². The number of aromatic nitrogens is 2. The van der Waals surface area contributed by atoms with E-state index in [1.807, 2.05) is 0 Å². The van der Waals surface area contributed by atoms with Crippen molar-refractivity contribution in [1.29, 1.82) is 0 Å². The average Bonchev–Trinajstić information content (AvgIpc) is 3.23. The Morgan fingerprint density at radius 3 is 2.95 bits per heavy atom. The van der Waals surface area contributed by atoms with E-state index in [2.05, 4.69) is 4.98 Å². The zero-order valence-electron chi connectivity index (χ0n) is 10.4. The Labute approximate surface area is 109 Å². The van der Waals surface area contributed by atoms with E-state index < -0.39 is 5.56 Å². The number of hydrogen-bond donors (Lipinski definition) is 1. The summed E-state index contributed by atoms with van der Waals surface area (Å²) in [5.74, 6) is 0.407. The lowest BCUT2D eigenvalue weighted by Crippen LogP contribution is -2.25. The largest absolute Gasteiger partial charge is 0.506 e. The Morgan fingerprint density at radius 1 is 1.47 bits per heavy atom. The smallest absolute Gasteiger partial charge is 0.266 e. The average molecular weight is 258 g/mol. The van der Waals surface area contributed by atoms with Crippen molar-refractivity contribution >= 4 is 17.3 Å². The van der Waals surface area contributed by atoms with Crippen molar-refractivity contribution in [3.63, 3.8) is 0 Å². The minimum Gasteiger partial charge on any atom is -0.506 e. The van der Waals surface area contributed by atoms with E-state index in [4.69, 9.17) is 0 Å². The van der Waals surface area contributed by atoms with Crippen molar-refractivity contribution in [2.45, 2.75) is 25.8 Å². The molecule has 0 bridgehead atoms. The summed E-state index contributed by atoms with van der Waals surface area (Å²) in [6.07, 6.45) is 5.32. The second kappa shape index (κ2) is 4.50. The molecule has 0 radical (unpaired) electrons. The second-order valence-electron chi connectivity index (χ2n) is 4.94. The van der Waals surface area contributed by atoms with Crippen LogP contribution in [0.3, 0.4) is 0 Å². The molecule has 2 aromatic rings.